The van der Waals surface area contributed by atoms with Gasteiger partial charge in [-0.25, -0.2) is 9.59 Å². The molecule has 0 radical (unpaired) electrons. The van der Waals surface area contributed by atoms with Gasteiger partial charge in [-0.2, -0.15) is 0 Å². The van der Waals surface area contributed by atoms with E-state index in [9.17, 15) is 9.59 Å². The van der Waals surface area contributed by atoms with Crippen molar-refractivity contribution in [2.24, 2.45) is 5.92 Å². The Hall–Kier alpha value is -1.26. The van der Waals surface area contributed by atoms with E-state index in [1.165, 1.54) is 0 Å². The number of hydrogen-bond acceptors (Lipinski definition) is 2. The first-order valence-electron chi connectivity index (χ1n) is 5.69. The zero-order valence-corrected chi connectivity index (χ0v) is 10.0. The summed E-state index contributed by atoms with van der Waals surface area (Å²) in [5, 5.41) is 14.3. The van der Waals surface area contributed by atoms with Crippen LogP contribution in [0.1, 0.15) is 40.0 Å². The topological polar surface area (TPSA) is 78.4 Å². The first-order chi connectivity index (χ1) is 7.37. The maximum absolute atomic E-state index is 11.6. The highest BCUT2D eigenvalue weighted by molar-refractivity contribution is 5.87. The van der Waals surface area contributed by atoms with Gasteiger partial charge in [0, 0.05) is 6.04 Å². The van der Waals surface area contributed by atoms with Crippen LogP contribution in [-0.2, 0) is 4.79 Å². The summed E-state index contributed by atoms with van der Waals surface area (Å²) < 4.78 is 0. The molecule has 0 heterocycles. The number of aliphatic carboxylic acids is 1. The van der Waals surface area contributed by atoms with Crippen LogP contribution in [0.2, 0.25) is 0 Å². The lowest BCUT2D eigenvalue weighted by atomic mass is 9.77. The average Bonchev–Trinajstić information content (AvgIpc) is 2.10. The van der Waals surface area contributed by atoms with Gasteiger partial charge < -0.3 is 15.7 Å². The number of carboxylic acid groups (broad SMARTS) is 1. The maximum Gasteiger partial charge on any atom is 0.329 e. The quantitative estimate of drug-likeness (QED) is 0.679. The summed E-state index contributed by atoms with van der Waals surface area (Å²) in [6.45, 7) is 5.90. The summed E-state index contributed by atoms with van der Waals surface area (Å²) >= 11 is 0. The van der Waals surface area contributed by atoms with Crippen LogP contribution in [0.3, 0.4) is 0 Å². The summed E-state index contributed by atoms with van der Waals surface area (Å²) in [5.41, 5.74) is -1.03. The van der Waals surface area contributed by atoms with Crippen molar-refractivity contribution in [3.63, 3.8) is 0 Å². The number of carbonyl (C=O) groups is 2. The Morgan fingerprint density at radius 2 is 1.81 bits per heavy atom. The average molecular weight is 228 g/mol. The van der Waals surface area contributed by atoms with Crippen LogP contribution < -0.4 is 10.6 Å². The van der Waals surface area contributed by atoms with Crippen LogP contribution in [0.5, 0.6) is 0 Å². The Bertz CT molecular complexity index is 285. The van der Waals surface area contributed by atoms with Crippen LogP contribution in [0, 0.1) is 5.92 Å². The van der Waals surface area contributed by atoms with Crippen LogP contribution in [0.4, 0.5) is 4.79 Å². The van der Waals surface area contributed by atoms with Crippen molar-refractivity contribution in [3.8, 4) is 0 Å². The minimum Gasteiger partial charge on any atom is -0.480 e. The lowest BCUT2D eigenvalue weighted by molar-refractivity contribution is -0.148. The Kier molecular flexibility index (Phi) is 3.78. The Morgan fingerprint density at radius 3 is 2.12 bits per heavy atom. The largest absolute Gasteiger partial charge is 0.480 e. The summed E-state index contributed by atoms with van der Waals surface area (Å²) in [6, 6.07) is -0.353. The van der Waals surface area contributed by atoms with Gasteiger partial charge in [-0.05, 0) is 32.1 Å². The molecule has 0 bridgehead atoms. The van der Waals surface area contributed by atoms with Crippen molar-refractivity contribution in [2.75, 3.05) is 0 Å². The van der Waals surface area contributed by atoms with Gasteiger partial charge >= 0.3 is 12.0 Å². The van der Waals surface area contributed by atoms with Crippen molar-refractivity contribution >= 4 is 12.0 Å². The number of carboxylic acids is 1. The second-order valence-corrected chi connectivity index (χ2v) is 4.87. The van der Waals surface area contributed by atoms with Crippen molar-refractivity contribution in [3.05, 3.63) is 0 Å². The lowest BCUT2D eigenvalue weighted by Crippen LogP contribution is -2.62. The molecular formula is C11H20N2O3. The molecule has 0 aromatic carbocycles. The summed E-state index contributed by atoms with van der Waals surface area (Å²) in [7, 11) is 0. The molecule has 0 aromatic rings. The fraction of sp³-hybridized carbons (Fsp3) is 0.818. The number of amides is 2. The zero-order chi connectivity index (χ0) is 12.3. The standard InChI is InChI=1S/C11H20N2O3/c1-7(2)8(3)12-10(16)13-11(9(14)15)5-4-6-11/h7-8H,4-6H2,1-3H3,(H,14,15)(H2,12,13,16). The van der Waals surface area contributed by atoms with Gasteiger partial charge in [0.1, 0.15) is 5.54 Å². The van der Waals surface area contributed by atoms with E-state index in [2.05, 4.69) is 10.6 Å². The molecule has 5 heteroatoms. The second-order valence-electron chi connectivity index (χ2n) is 4.87. The Labute approximate surface area is 95.6 Å². The van der Waals surface area contributed by atoms with E-state index in [1.54, 1.807) is 0 Å². The monoisotopic (exact) mass is 228 g/mol. The number of urea groups is 1. The molecule has 1 aliphatic rings. The SMILES string of the molecule is CC(C)C(C)NC(=O)NC1(C(=O)O)CCC1. The van der Waals surface area contributed by atoms with Gasteiger partial charge in [-0.15, -0.1) is 0 Å². The first-order valence-corrected chi connectivity index (χ1v) is 5.69. The number of rotatable bonds is 4. The van der Waals surface area contributed by atoms with Gasteiger partial charge in [0.05, 0.1) is 0 Å². The van der Waals surface area contributed by atoms with Crippen LogP contribution in [-0.4, -0.2) is 28.7 Å². The van der Waals surface area contributed by atoms with Gasteiger partial charge in [0.15, 0.2) is 0 Å². The van der Waals surface area contributed by atoms with Gasteiger partial charge in [0.2, 0.25) is 0 Å². The van der Waals surface area contributed by atoms with Crippen molar-refractivity contribution < 1.29 is 14.7 Å². The van der Waals surface area contributed by atoms with Gasteiger partial charge in [0.25, 0.3) is 0 Å². The third kappa shape index (κ3) is 2.65. The minimum atomic E-state index is -1.03. The second kappa shape index (κ2) is 4.72. The van der Waals surface area contributed by atoms with E-state index in [0.29, 0.717) is 18.8 Å². The predicted octanol–water partition coefficient (Wildman–Crippen LogP) is 1.34. The van der Waals surface area contributed by atoms with E-state index in [1.807, 2.05) is 20.8 Å². The highest BCUT2D eigenvalue weighted by Gasteiger charge is 2.45. The smallest absolute Gasteiger partial charge is 0.329 e. The molecule has 92 valence electrons. The third-order valence-electron chi connectivity index (χ3n) is 3.33. The molecule has 0 aliphatic heterocycles. The number of carbonyl (C=O) groups excluding carboxylic acids is 1. The van der Waals surface area contributed by atoms with Crippen molar-refractivity contribution in [2.45, 2.75) is 51.6 Å². The fourth-order valence-electron chi connectivity index (χ4n) is 1.55. The van der Waals surface area contributed by atoms with E-state index in [4.69, 9.17) is 5.11 Å². The van der Waals surface area contributed by atoms with Crippen LogP contribution in [0.25, 0.3) is 0 Å². The molecule has 5 nitrogen and oxygen atoms in total. The Morgan fingerprint density at radius 1 is 1.25 bits per heavy atom. The molecule has 16 heavy (non-hydrogen) atoms. The molecule has 1 fully saturated rings. The van der Waals surface area contributed by atoms with Crippen LogP contribution >= 0.6 is 0 Å². The molecule has 0 aromatic heterocycles. The highest BCUT2D eigenvalue weighted by atomic mass is 16.4. The van der Waals surface area contributed by atoms with E-state index in [-0.39, 0.29) is 12.1 Å². The molecular weight excluding hydrogens is 208 g/mol. The van der Waals surface area contributed by atoms with Crippen molar-refractivity contribution in [1.82, 2.24) is 10.6 Å². The molecule has 0 saturated heterocycles. The highest BCUT2D eigenvalue weighted by Crippen LogP contribution is 2.31. The van der Waals surface area contributed by atoms with Gasteiger partial charge in [-0.3, -0.25) is 0 Å². The van der Waals surface area contributed by atoms with E-state index >= 15 is 0 Å². The summed E-state index contributed by atoms with van der Waals surface area (Å²) in [5.74, 6) is -0.612. The first kappa shape index (κ1) is 12.8. The normalized spacial score (nSPS) is 19.8. The molecule has 1 aliphatic carbocycles. The molecule has 1 atom stereocenters. The summed E-state index contributed by atoms with van der Waals surface area (Å²) in [4.78, 5) is 22.6. The van der Waals surface area contributed by atoms with Gasteiger partial charge in [-0.1, -0.05) is 13.8 Å². The fourth-order valence-corrected chi connectivity index (χ4v) is 1.55. The molecule has 3 N–H and O–H groups in total. The summed E-state index contributed by atoms with van der Waals surface area (Å²) in [6.07, 6.45) is 1.89. The molecule has 1 rings (SSSR count). The molecule has 2 amide bonds. The lowest BCUT2D eigenvalue weighted by Gasteiger charge is -2.38. The number of hydrogen-bond donors (Lipinski definition) is 3. The molecule has 1 saturated carbocycles. The third-order valence-corrected chi connectivity index (χ3v) is 3.33. The molecule has 1 unspecified atom stereocenters. The zero-order valence-electron chi connectivity index (χ0n) is 10.0. The van der Waals surface area contributed by atoms with Crippen molar-refractivity contribution in [1.29, 1.82) is 0 Å². The minimum absolute atomic E-state index is 0.0333. The number of nitrogens with one attached hydrogen (secondary N) is 2. The maximum atomic E-state index is 11.6. The van der Waals surface area contributed by atoms with Crippen LogP contribution in [0.15, 0.2) is 0 Å². The van der Waals surface area contributed by atoms with E-state index in [0.717, 1.165) is 6.42 Å². The predicted molar refractivity (Wildman–Crippen MR) is 60.2 cm³/mol. The molecule has 0 spiro atoms. The van der Waals surface area contributed by atoms with E-state index < -0.39 is 11.5 Å². The Balaban J connectivity index is 2.47.